The molecule has 0 aliphatic heterocycles. The lowest BCUT2D eigenvalue weighted by molar-refractivity contribution is -0.139. The lowest BCUT2D eigenvalue weighted by Gasteiger charge is -2.32. The smallest absolute Gasteiger partial charge is 0.243 e. The van der Waals surface area contributed by atoms with E-state index in [2.05, 4.69) is 5.32 Å². The van der Waals surface area contributed by atoms with E-state index in [-0.39, 0.29) is 30.2 Å². The number of hydrogen-bond acceptors (Lipinski definition) is 3. The Morgan fingerprint density at radius 2 is 1.64 bits per heavy atom. The molecule has 0 unspecified atom stereocenters. The van der Waals surface area contributed by atoms with Gasteiger partial charge in [-0.2, -0.15) is 0 Å². The van der Waals surface area contributed by atoms with E-state index >= 15 is 0 Å². The van der Waals surface area contributed by atoms with Crippen LogP contribution in [0.5, 0.6) is 0 Å². The van der Waals surface area contributed by atoms with Crippen LogP contribution in [0.15, 0.2) is 78.9 Å². The molecule has 0 bridgehead atoms. The van der Waals surface area contributed by atoms with Gasteiger partial charge in [-0.25, -0.2) is 0 Å². The maximum atomic E-state index is 13.7. The highest BCUT2D eigenvalue weighted by molar-refractivity contribution is 7.99. The van der Waals surface area contributed by atoms with Crippen molar-refractivity contribution in [2.75, 3.05) is 5.75 Å². The molecule has 36 heavy (non-hydrogen) atoms. The molecule has 0 aliphatic rings. The summed E-state index contributed by atoms with van der Waals surface area (Å²) in [5.74, 6) is 0.615. The largest absolute Gasteiger partial charge is 0.352 e. The molecule has 0 spiro atoms. The Bertz CT molecular complexity index is 1140. The van der Waals surface area contributed by atoms with Crippen LogP contribution in [0.2, 0.25) is 10.0 Å². The number of carbonyl (C=O) groups is 2. The van der Waals surface area contributed by atoms with Gasteiger partial charge in [-0.3, -0.25) is 9.59 Å². The third-order valence-electron chi connectivity index (χ3n) is 5.95. The van der Waals surface area contributed by atoms with Crippen molar-refractivity contribution in [3.05, 3.63) is 106 Å². The highest BCUT2D eigenvalue weighted by Gasteiger charge is 2.31. The summed E-state index contributed by atoms with van der Waals surface area (Å²) in [5.41, 5.74) is 2.85. The minimum absolute atomic E-state index is 0.00485. The van der Waals surface area contributed by atoms with Gasteiger partial charge in [-0.05, 0) is 48.2 Å². The number of rotatable bonds is 12. The Kier molecular flexibility index (Phi) is 11.2. The summed E-state index contributed by atoms with van der Waals surface area (Å²) in [6.45, 7) is 4.25. The van der Waals surface area contributed by atoms with Crippen LogP contribution in [-0.2, 0) is 28.3 Å². The molecule has 3 rings (SSSR count). The number of thioether (sulfide) groups is 1. The van der Waals surface area contributed by atoms with E-state index in [1.54, 1.807) is 11.0 Å². The molecular formula is C29H32Cl2N2O2S. The van der Waals surface area contributed by atoms with Crippen LogP contribution in [0.3, 0.4) is 0 Å². The SMILES string of the molecule is CC[C@@H](C)NC(=O)[C@@H](Cc1ccccc1)N(Cc1ccccc1Cl)C(=O)CSCc1cccc(Cl)c1. The fourth-order valence-electron chi connectivity index (χ4n) is 3.77. The van der Waals surface area contributed by atoms with E-state index in [0.717, 1.165) is 23.1 Å². The quantitative estimate of drug-likeness (QED) is 0.274. The molecule has 4 nitrogen and oxygen atoms in total. The summed E-state index contributed by atoms with van der Waals surface area (Å²) in [7, 11) is 0. The first-order chi connectivity index (χ1) is 17.4. The Morgan fingerprint density at radius 1 is 0.944 bits per heavy atom. The maximum absolute atomic E-state index is 13.7. The standard InChI is InChI=1S/C29H32Cl2N2O2S/c1-3-21(2)32-29(35)27(17-22-10-5-4-6-11-22)33(18-24-13-7-8-15-26(24)31)28(34)20-36-19-23-12-9-14-25(30)16-23/h4-16,21,27H,3,17-20H2,1-2H3,(H,32,35)/t21-,27-/m1/s1. The summed E-state index contributed by atoms with van der Waals surface area (Å²) >= 11 is 14.1. The highest BCUT2D eigenvalue weighted by atomic mass is 35.5. The van der Waals surface area contributed by atoms with E-state index in [0.29, 0.717) is 22.2 Å². The second kappa shape index (κ2) is 14.3. The van der Waals surface area contributed by atoms with Crippen molar-refractivity contribution < 1.29 is 9.59 Å². The van der Waals surface area contributed by atoms with Gasteiger partial charge in [0.1, 0.15) is 6.04 Å². The molecule has 0 fully saturated rings. The molecular weight excluding hydrogens is 511 g/mol. The number of hydrogen-bond donors (Lipinski definition) is 1. The zero-order valence-electron chi connectivity index (χ0n) is 20.6. The summed E-state index contributed by atoms with van der Waals surface area (Å²) in [6.07, 6.45) is 1.22. The van der Waals surface area contributed by atoms with Crippen molar-refractivity contribution in [2.45, 2.75) is 51.1 Å². The van der Waals surface area contributed by atoms with E-state index in [1.807, 2.05) is 86.6 Å². The molecule has 0 aliphatic carbocycles. The van der Waals surface area contributed by atoms with Crippen molar-refractivity contribution in [1.82, 2.24) is 10.2 Å². The van der Waals surface area contributed by atoms with Gasteiger partial charge in [0.2, 0.25) is 11.8 Å². The van der Waals surface area contributed by atoms with Gasteiger partial charge in [0.05, 0.1) is 5.75 Å². The minimum Gasteiger partial charge on any atom is -0.352 e. The monoisotopic (exact) mass is 542 g/mol. The second-order valence-corrected chi connectivity index (χ2v) is 10.6. The van der Waals surface area contributed by atoms with Crippen LogP contribution < -0.4 is 5.32 Å². The third-order valence-corrected chi connectivity index (χ3v) is 7.55. The third kappa shape index (κ3) is 8.58. The lowest BCUT2D eigenvalue weighted by atomic mass is 10.0. The Balaban J connectivity index is 1.86. The summed E-state index contributed by atoms with van der Waals surface area (Å²) in [5, 5.41) is 4.33. The molecule has 190 valence electrons. The van der Waals surface area contributed by atoms with Crippen LogP contribution in [0, 0.1) is 0 Å². The van der Waals surface area contributed by atoms with Gasteiger partial charge in [-0.15, -0.1) is 11.8 Å². The zero-order valence-corrected chi connectivity index (χ0v) is 23.0. The van der Waals surface area contributed by atoms with E-state index < -0.39 is 6.04 Å². The average Bonchev–Trinajstić information content (AvgIpc) is 2.87. The molecule has 0 heterocycles. The predicted molar refractivity (Wildman–Crippen MR) is 151 cm³/mol. The minimum atomic E-state index is -0.669. The van der Waals surface area contributed by atoms with Crippen LogP contribution in [0.1, 0.15) is 37.0 Å². The van der Waals surface area contributed by atoms with Crippen molar-refractivity contribution in [1.29, 1.82) is 0 Å². The number of carbonyl (C=O) groups excluding carboxylic acids is 2. The molecule has 3 aromatic rings. The van der Waals surface area contributed by atoms with Crippen molar-refractivity contribution in [3.63, 3.8) is 0 Å². The number of nitrogens with zero attached hydrogens (tertiary/aromatic N) is 1. The first-order valence-corrected chi connectivity index (χ1v) is 14.0. The molecule has 0 radical (unpaired) electrons. The Labute approximate surface area is 228 Å². The molecule has 2 amide bonds. The average molecular weight is 544 g/mol. The Hall–Kier alpha value is -2.47. The van der Waals surface area contributed by atoms with Gasteiger partial charge in [0.25, 0.3) is 0 Å². The zero-order chi connectivity index (χ0) is 25.9. The van der Waals surface area contributed by atoms with E-state index in [4.69, 9.17) is 23.2 Å². The summed E-state index contributed by atoms with van der Waals surface area (Å²) in [6, 6.07) is 24.2. The first kappa shape index (κ1) is 28.1. The predicted octanol–water partition coefficient (Wildman–Crippen LogP) is 6.78. The van der Waals surface area contributed by atoms with Gasteiger partial charge >= 0.3 is 0 Å². The van der Waals surface area contributed by atoms with Crippen molar-refractivity contribution in [3.8, 4) is 0 Å². The summed E-state index contributed by atoms with van der Waals surface area (Å²) < 4.78 is 0. The van der Waals surface area contributed by atoms with Crippen LogP contribution >= 0.6 is 35.0 Å². The number of benzene rings is 3. The molecule has 7 heteroatoms. The van der Waals surface area contributed by atoms with Gasteiger partial charge < -0.3 is 10.2 Å². The normalized spacial score (nSPS) is 12.6. The van der Waals surface area contributed by atoms with Gasteiger partial charge in [0.15, 0.2) is 0 Å². The molecule has 0 aromatic heterocycles. The molecule has 2 atom stereocenters. The van der Waals surface area contributed by atoms with Crippen LogP contribution in [0.4, 0.5) is 0 Å². The van der Waals surface area contributed by atoms with Crippen molar-refractivity contribution in [2.24, 2.45) is 0 Å². The first-order valence-electron chi connectivity index (χ1n) is 12.1. The maximum Gasteiger partial charge on any atom is 0.243 e. The topological polar surface area (TPSA) is 49.4 Å². The fourth-order valence-corrected chi connectivity index (χ4v) is 5.04. The lowest BCUT2D eigenvalue weighted by Crippen LogP contribution is -2.52. The van der Waals surface area contributed by atoms with E-state index in [9.17, 15) is 9.59 Å². The molecule has 0 saturated heterocycles. The molecule has 3 aromatic carbocycles. The molecule has 0 saturated carbocycles. The van der Waals surface area contributed by atoms with Crippen LogP contribution in [-0.4, -0.2) is 34.6 Å². The fraction of sp³-hybridized carbons (Fsp3) is 0.310. The second-order valence-electron chi connectivity index (χ2n) is 8.76. The number of amides is 2. The van der Waals surface area contributed by atoms with Gasteiger partial charge in [0, 0.05) is 34.8 Å². The number of nitrogens with one attached hydrogen (secondary N) is 1. The van der Waals surface area contributed by atoms with Crippen LogP contribution in [0.25, 0.3) is 0 Å². The van der Waals surface area contributed by atoms with Gasteiger partial charge in [-0.1, -0.05) is 90.8 Å². The Morgan fingerprint density at radius 3 is 2.33 bits per heavy atom. The summed E-state index contributed by atoms with van der Waals surface area (Å²) in [4.78, 5) is 28.9. The van der Waals surface area contributed by atoms with E-state index in [1.165, 1.54) is 11.8 Å². The molecule has 1 N–H and O–H groups in total. The highest BCUT2D eigenvalue weighted by Crippen LogP contribution is 2.23. The van der Waals surface area contributed by atoms with Crippen molar-refractivity contribution >= 4 is 46.8 Å². The number of halogens is 2.